The standard InChI is InChI=1S/C21H28N4O2/c1-15-2-4-16(5-3-15)14-20(26)22-18-6-7-19-23-24-21(25(19)11-8-18)17-9-12-27-13-10-17/h2-5,17-18H,6-14H2,1H3,(H,22,26). The van der Waals surface area contributed by atoms with E-state index < -0.39 is 0 Å². The van der Waals surface area contributed by atoms with Crippen molar-refractivity contribution in [2.75, 3.05) is 13.2 Å². The van der Waals surface area contributed by atoms with Gasteiger partial charge in [-0.25, -0.2) is 0 Å². The van der Waals surface area contributed by atoms with Crippen LogP contribution in [0.15, 0.2) is 24.3 Å². The molecule has 2 aromatic rings. The van der Waals surface area contributed by atoms with Gasteiger partial charge in [-0.2, -0.15) is 0 Å². The molecule has 1 amide bonds. The second-order valence-corrected chi connectivity index (χ2v) is 7.77. The van der Waals surface area contributed by atoms with Crippen molar-refractivity contribution >= 4 is 5.91 Å². The van der Waals surface area contributed by atoms with Crippen LogP contribution in [-0.4, -0.2) is 39.9 Å². The summed E-state index contributed by atoms with van der Waals surface area (Å²) in [5.74, 6) is 2.73. The lowest BCUT2D eigenvalue weighted by atomic mass is 9.99. The predicted molar refractivity (Wildman–Crippen MR) is 103 cm³/mol. The van der Waals surface area contributed by atoms with Gasteiger partial charge in [-0.05, 0) is 38.2 Å². The maximum atomic E-state index is 12.4. The predicted octanol–water partition coefficient (Wildman–Crippen LogP) is 2.54. The quantitative estimate of drug-likeness (QED) is 0.900. The fourth-order valence-electron chi connectivity index (χ4n) is 4.08. The number of aryl methyl sites for hydroxylation is 2. The number of hydrogen-bond donors (Lipinski definition) is 1. The minimum atomic E-state index is 0.103. The fourth-order valence-corrected chi connectivity index (χ4v) is 4.08. The Bertz CT molecular complexity index is 778. The van der Waals surface area contributed by atoms with E-state index >= 15 is 0 Å². The van der Waals surface area contributed by atoms with Gasteiger partial charge in [0.2, 0.25) is 5.91 Å². The topological polar surface area (TPSA) is 69.0 Å². The number of nitrogens with one attached hydrogen (secondary N) is 1. The number of rotatable bonds is 4. The van der Waals surface area contributed by atoms with Gasteiger partial charge < -0.3 is 14.6 Å². The number of fused-ring (bicyclic) bond motifs is 1. The van der Waals surface area contributed by atoms with Crippen LogP contribution in [0, 0.1) is 6.92 Å². The molecule has 27 heavy (non-hydrogen) atoms. The summed E-state index contributed by atoms with van der Waals surface area (Å²) in [5.41, 5.74) is 2.27. The first-order valence-electron chi connectivity index (χ1n) is 10.0. The zero-order valence-corrected chi connectivity index (χ0v) is 16.0. The first kappa shape index (κ1) is 18.2. The molecule has 1 fully saturated rings. The highest BCUT2D eigenvalue weighted by molar-refractivity contribution is 5.78. The Labute approximate surface area is 160 Å². The summed E-state index contributed by atoms with van der Waals surface area (Å²) in [4.78, 5) is 12.4. The van der Waals surface area contributed by atoms with Crippen LogP contribution in [0.25, 0.3) is 0 Å². The summed E-state index contributed by atoms with van der Waals surface area (Å²) in [7, 11) is 0. The highest BCUT2D eigenvalue weighted by Crippen LogP contribution is 2.27. The number of carbonyl (C=O) groups excluding carboxylic acids is 1. The molecule has 4 rings (SSSR count). The number of amides is 1. The lowest BCUT2D eigenvalue weighted by molar-refractivity contribution is -0.121. The zero-order chi connectivity index (χ0) is 18.6. The molecule has 0 bridgehead atoms. The van der Waals surface area contributed by atoms with Crippen molar-refractivity contribution in [3.8, 4) is 0 Å². The van der Waals surface area contributed by atoms with E-state index in [4.69, 9.17) is 4.74 Å². The van der Waals surface area contributed by atoms with Gasteiger partial charge in [0.05, 0.1) is 6.42 Å². The molecule has 6 heteroatoms. The fraction of sp³-hybridized carbons (Fsp3) is 0.571. The van der Waals surface area contributed by atoms with Crippen LogP contribution >= 0.6 is 0 Å². The monoisotopic (exact) mass is 368 g/mol. The summed E-state index contributed by atoms with van der Waals surface area (Å²) < 4.78 is 7.77. The van der Waals surface area contributed by atoms with Crippen molar-refractivity contribution in [1.29, 1.82) is 0 Å². The van der Waals surface area contributed by atoms with Crippen molar-refractivity contribution in [1.82, 2.24) is 20.1 Å². The molecule has 1 aromatic carbocycles. The molecule has 0 aliphatic carbocycles. The number of benzene rings is 1. The second kappa shape index (κ2) is 8.21. The minimum Gasteiger partial charge on any atom is -0.381 e. The first-order valence-corrected chi connectivity index (χ1v) is 10.0. The largest absolute Gasteiger partial charge is 0.381 e. The second-order valence-electron chi connectivity index (χ2n) is 7.77. The average Bonchev–Trinajstić information content (AvgIpc) is 2.99. The van der Waals surface area contributed by atoms with E-state index in [0.717, 1.165) is 69.1 Å². The Balaban J connectivity index is 1.35. The van der Waals surface area contributed by atoms with Gasteiger partial charge in [0, 0.05) is 38.1 Å². The summed E-state index contributed by atoms with van der Waals surface area (Å²) in [6.45, 7) is 4.56. The van der Waals surface area contributed by atoms with Crippen LogP contribution in [0.2, 0.25) is 0 Å². The Hall–Kier alpha value is -2.21. The third-order valence-corrected chi connectivity index (χ3v) is 5.71. The van der Waals surface area contributed by atoms with Crippen molar-refractivity contribution < 1.29 is 9.53 Å². The highest BCUT2D eigenvalue weighted by Gasteiger charge is 2.26. The number of ether oxygens (including phenoxy) is 1. The molecule has 1 saturated heterocycles. The molecule has 2 aliphatic rings. The molecule has 3 heterocycles. The van der Waals surface area contributed by atoms with Crippen molar-refractivity contribution in [2.24, 2.45) is 0 Å². The molecule has 2 aliphatic heterocycles. The Morgan fingerprint density at radius 2 is 1.93 bits per heavy atom. The molecule has 144 valence electrons. The maximum Gasteiger partial charge on any atom is 0.224 e. The molecule has 1 aromatic heterocycles. The van der Waals surface area contributed by atoms with Crippen LogP contribution in [0.1, 0.15) is 54.4 Å². The lowest BCUT2D eigenvalue weighted by Crippen LogP contribution is -2.36. The van der Waals surface area contributed by atoms with Crippen LogP contribution in [0.5, 0.6) is 0 Å². The number of aromatic nitrogens is 3. The van der Waals surface area contributed by atoms with E-state index in [1.807, 2.05) is 12.1 Å². The van der Waals surface area contributed by atoms with Gasteiger partial charge in [-0.15, -0.1) is 10.2 Å². The summed E-state index contributed by atoms with van der Waals surface area (Å²) in [5, 5.41) is 12.1. The number of nitrogens with zero attached hydrogens (tertiary/aromatic N) is 3. The smallest absolute Gasteiger partial charge is 0.224 e. The van der Waals surface area contributed by atoms with E-state index in [2.05, 4.69) is 39.1 Å². The highest BCUT2D eigenvalue weighted by atomic mass is 16.5. The van der Waals surface area contributed by atoms with Gasteiger partial charge >= 0.3 is 0 Å². The van der Waals surface area contributed by atoms with E-state index in [1.165, 1.54) is 5.56 Å². The number of carbonyl (C=O) groups is 1. The molecule has 0 spiro atoms. The van der Waals surface area contributed by atoms with E-state index in [9.17, 15) is 4.79 Å². The third kappa shape index (κ3) is 4.38. The molecule has 6 nitrogen and oxygen atoms in total. The molecule has 0 radical (unpaired) electrons. The molecule has 1 N–H and O–H groups in total. The average molecular weight is 368 g/mol. The van der Waals surface area contributed by atoms with Crippen LogP contribution in [0.3, 0.4) is 0 Å². The Morgan fingerprint density at radius 1 is 1.15 bits per heavy atom. The molecular formula is C21H28N4O2. The van der Waals surface area contributed by atoms with Gasteiger partial charge in [-0.3, -0.25) is 4.79 Å². The van der Waals surface area contributed by atoms with Crippen LogP contribution < -0.4 is 5.32 Å². The minimum absolute atomic E-state index is 0.103. The molecule has 1 unspecified atom stereocenters. The van der Waals surface area contributed by atoms with E-state index in [0.29, 0.717) is 12.3 Å². The normalized spacial score (nSPS) is 20.7. The lowest BCUT2D eigenvalue weighted by Gasteiger charge is -2.22. The van der Waals surface area contributed by atoms with Gasteiger partial charge in [0.25, 0.3) is 0 Å². The van der Waals surface area contributed by atoms with Gasteiger partial charge in [0.15, 0.2) is 0 Å². The summed E-state index contributed by atoms with van der Waals surface area (Å²) in [6.07, 6.45) is 5.21. The van der Waals surface area contributed by atoms with Crippen molar-refractivity contribution in [3.05, 3.63) is 47.0 Å². The van der Waals surface area contributed by atoms with Gasteiger partial charge in [0.1, 0.15) is 11.6 Å². The first-order chi connectivity index (χ1) is 13.2. The Morgan fingerprint density at radius 3 is 2.70 bits per heavy atom. The van der Waals surface area contributed by atoms with Crippen molar-refractivity contribution in [3.63, 3.8) is 0 Å². The maximum absolute atomic E-state index is 12.4. The number of hydrogen-bond acceptors (Lipinski definition) is 4. The van der Waals surface area contributed by atoms with Crippen LogP contribution in [0.4, 0.5) is 0 Å². The van der Waals surface area contributed by atoms with Crippen molar-refractivity contribution in [2.45, 2.75) is 64.0 Å². The third-order valence-electron chi connectivity index (χ3n) is 5.71. The molecule has 0 saturated carbocycles. The SMILES string of the molecule is Cc1ccc(CC(=O)NC2CCc3nnc(C4CCOCC4)n3CC2)cc1. The summed E-state index contributed by atoms with van der Waals surface area (Å²) in [6, 6.07) is 8.37. The van der Waals surface area contributed by atoms with E-state index in [1.54, 1.807) is 0 Å². The molecule has 1 atom stereocenters. The van der Waals surface area contributed by atoms with E-state index in [-0.39, 0.29) is 11.9 Å². The molecular weight excluding hydrogens is 340 g/mol. The summed E-state index contributed by atoms with van der Waals surface area (Å²) >= 11 is 0. The van der Waals surface area contributed by atoms with Gasteiger partial charge in [-0.1, -0.05) is 29.8 Å². The Kier molecular flexibility index (Phi) is 5.53. The zero-order valence-electron chi connectivity index (χ0n) is 16.0. The van der Waals surface area contributed by atoms with Crippen LogP contribution in [-0.2, 0) is 28.9 Å².